The fourth-order valence-corrected chi connectivity index (χ4v) is 2.54. The van der Waals surface area contributed by atoms with Crippen molar-refractivity contribution in [3.8, 4) is 0 Å². The molecule has 0 atom stereocenters. The third-order valence-electron chi connectivity index (χ3n) is 3.89. The predicted molar refractivity (Wildman–Crippen MR) is 79.6 cm³/mol. The molecule has 0 saturated carbocycles. The lowest BCUT2D eigenvalue weighted by Crippen LogP contribution is -2.37. The Bertz CT molecular complexity index is 504. The van der Waals surface area contributed by atoms with Crippen LogP contribution in [0.2, 0.25) is 0 Å². The molecule has 0 saturated heterocycles. The summed E-state index contributed by atoms with van der Waals surface area (Å²) in [5.41, 5.74) is 3.06. The highest BCUT2D eigenvalue weighted by molar-refractivity contribution is 5.79. The van der Waals surface area contributed by atoms with Gasteiger partial charge in [0.15, 0.2) is 0 Å². The number of hydrogen-bond acceptors (Lipinski definition) is 3. The van der Waals surface area contributed by atoms with Gasteiger partial charge in [-0.05, 0) is 20.3 Å². The second kappa shape index (κ2) is 6.70. The molecule has 1 aliphatic rings. The SMILES string of the molecule is Cc1nn(C)c(C)c1CC(=O)NCCN1CC=CCC1. The molecule has 0 aliphatic carbocycles. The van der Waals surface area contributed by atoms with Gasteiger partial charge in [0.05, 0.1) is 12.1 Å². The van der Waals surface area contributed by atoms with Crippen LogP contribution in [0.25, 0.3) is 0 Å². The minimum atomic E-state index is 0.0803. The van der Waals surface area contributed by atoms with Gasteiger partial charge in [0.2, 0.25) is 5.91 Å². The van der Waals surface area contributed by atoms with Crippen LogP contribution in [0.4, 0.5) is 0 Å². The van der Waals surface area contributed by atoms with E-state index in [0.29, 0.717) is 13.0 Å². The van der Waals surface area contributed by atoms with Gasteiger partial charge in [-0.2, -0.15) is 5.10 Å². The topological polar surface area (TPSA) is 50.2 Å². The van der Waals surface area contributed by atoms with Crippen LogP contribution in [0, 0.1) is 13.8 Å². The summed E-state index contributed by atoms with van der Waals surface area (Å²) >= 11 is 0. The summed E-state index contributed by atoms with van der Waals surface area (Å²) in [6.45, 7) is 7.67. The smallest absolute Gasteiger partial charge is 0.224 e. The molecule has 2 heterocycles. The summed E-state index contributed by atoms with van der Waals surface area (Å²) in [7, 11) is 1.91. The third-order valence-corrected chi connectivity index (χ3v) is 3.89. The van der Waals surface area contributed by atoms with Crippen molar-refractivity contribution >= 4 is 5.91 Å². The molecule has 0 spiro atoms. The van der Waals surface area contributed by atoms with E-state index >= 15 is 0 Å². The normalized spacial score (nSPS) is 15.6. The van der Waals surface area contributed by atoms with Crippen molar-refractivity contribution in [3.63, 3.8) is 0 Å². The maximum atomic E-state index is 12.0. The van der Waals surface area contributed by atoms with E-state index in [1.807, 2.05) is 25.6 Å². The molecule has 0 unspecified atom stereocenters. The molecule has 1 aromatic heterocycles. The Morgan fingerprint density at radius 3 is 2.80 bits per heavy atom. The zero-order chi connectivity index (χ0) is 14.5. The summed E-state index contributed by atoms with van der Waals surface area (Å²) in [6, 6.07) is 0. The van der Waals surface area contributed by atoms with Crippen molar-refractivity contribution in [2.24, 2.45) is 7.05 Å². The van der Waals surface area contributed by atoms with Gasteiger partial charge in [0.1, 0.15) is 0 Å². The first kappa shape index (κ1) is 14.8. The summed E-state index contributed by atoms with van der Waals surface area (Å²) < 4.78 is 1.83. The van der Waals surface area contributed by atoms with E-state index in [0.717, 1.165) is 43.0 Å². The highest BCUT2D eigenvalue weighted by Crippen LogP contribution is 2.12. The Labute approximate surface area is 120 Å². The van der Waals surface area contributed by atoms with Crippen molar-refractivity contribution in [1.29, 1.82) is 0 Å². The number of carbonyl (C=O) groups is 1. The van der Waals surface area contributed by atoms with Crippen molar-refractivity contribution in [3.05, 3.63) is 29.1 Å². The molecular weight excluding hydrogens is 252 g/mol. The van der Waals surface area contributed by atoms with Crippen molar-refractivity contribution in [1.82, 2.24) is 20.0 Å². The Morgan fingerprint density at radius 2 is 2.20 bits per heavy atom. The van der Waals surface area contributed by atoms with Crippen LogP contribution < -0.4 is 5.32 Å². The molecule has 0 bridgehead atoms. The second-order valence-electron chi connectivity index (χ2n) is 5.36. The average Bonchev–Trinajstić information content (AvgIpc) is 2.67. The fraction of sp³-hybridized carbons (Fsp3) is 0.600. The van der Waals surface area contributed by atoms with Gasteiger partial charge in [-0.15, -0.1) is 0 Å². The molecule has 20 heavy (non-hydrogen) atoms. The lowest BCUT2D eigenvalue weighted by molar-refractivity contribution is -0.120. The van der Waals surface area contributed by atoms with Gasteiger partial charge in [0, 0.05) is 44.5 Å². The fourth-order valence-electron chi connectivity index (χ4n) is 2.54. The number of hydrogen-bond donors (Lipinski definition) is 1. The second-order valence-corrected chi connectivity index (χ2v) is 5.36. The largest absolute Gasteiger partial charge is 0.355 e. The van der Waals surface area contributed by atoms with E-state index in [2.05, 4.69) is 27.5 Å². The van der Waals surface area contributed by atoms with Crippen LogP contribution >= 0.6 is 0 Å². The molecule has 0 aromatic carbocycles. The van der Waals surface area contributed by atoms with Gasteiger partial charge in [-0.25, -0.2) is 0 Å². The first-order valence-electron chi connectivity index (χ1n) is 7.21. The van der Waals surface area contributed by atoms with Crippen LogP contribution in [0.15, 0.2) is 12.2 Å². The van der Waals surface area contributed by atoms with E-state index < -0.39 is 0 Å². The summed E-state index contributed by atoms with van der Waals surface area (Å²) in [5.74, 6) is 0.0803. The number of rotatable bonds is 5. The molecule has 1 amide bonds. The first-order valence-corrected chi connectivity index (χ1v) is 7.21. The highest BCUT2D eigenvalue weighted by atomic mass is 16.1. The maximum Gasteiger partial charge on any atom is 0.224 e. The van der Waals surface area contributed by atoms with Gasteiger partial charge < -0.3 is 5.32 Å². The van der Waals surface area contributed by atoms with Crippen LogP contribution in [0.5, 0.6) is 0 Å². The molecule has 1 aromatic rings. The Hall–Kier alpha value is -1.62. The quantitative estimate of drug-likeness (QED) is 0.815. The molecule has 5 nitrogen and oxygen atoms in total. The summed E-state index contributed by atoms with van der Waals surface area (Å²) in [6.07, 6.45) is 5.93. The van der Waals surface area contributed by atoms with Gasteiger partial charge in [0.25, 0.3) is 0 Å². The van der Waals surface area contributed by atoms with Gasteiger partial charge in [-0.1, -0.05) is 12.2 Å². The van der Waals surface area contributed by atoms with E-state index in [1.54, 1.807) is 0 Å². The number of carbonyl (C=O) groups excluding carboxylic acids is 1. The molecule has 1 N–H and O–H groups in total. The molecule has 0 radical (unpaired) electrons. The van der Waals surface area contributed by atoms with E-state index in [-0.39, 0.29) is 5.91 Å². The number of nitrogens with one attached hydrogen (secondary N) is 1. The number of aryl methyl sites for hydroxylation is 2. The predicted octanol–water partition coefficient (Wildman–Crippen LogP) is 0.958. The average molecular weight is 276 g/mol. The Morgan fingerprint density at radius 1 is 1.40 bits per heavy atom. The van der Waals surface area contributed by atoms with Crippen molar-refractivity contribution < 1.29 is 4.79 Å². The van der Waals surface area contributed by atoms with Crippen LogP contribution in [-0.4, -0.2) is 46.8 Å². The lowest BCUT2D eigenvalue weighted by atomic mass is 10.1. The lowest BCUT2D eigenvalue weighted by Gasteiger charge is -2.22. The number of nitrogens with zero attached hydrogens (tertiary/aromatic N) is 3. The van der Waals surface area contributed by atoms with E-state index in [9.17, 15) is 4.79 Å². The number of amides is 1. The summed E-state index contributed by atoms with van der Waals surface area (Å²) in [5, 5.41) is 7.34. The van der Waals surface area contributed by atoms with E-state index in [1.165, 1.54) is 0 Å². The zero-order valence-corrected chi connectivity index (χ0v) is 12.6. The highest BCUT2D eigenvalue weighted by Gasteiger charge is 2.13. The minimum absolute atomic E-state index is 0.0803. The summed E-state index contributed by atoms with van der Waals surface area (Å²) in [4.78, 5) is 14.3. The molecule has 5 heteroatoms. The number of aromatic nitrogens is 2. The maximum absolute atomic E-state index is 12.0. The minimum Gasteiger partial charge on any atom is -0.355 e. The Balaban J connectivity index is 1.76. The van der Waals surface area contributed by atoms with Gasteiger partial charge >= 0.3 is 0 Å². The molecule has 2 rings (SSSR count). The van der Waals surface area contributed by atoms with E-state index in [4.69, 9.17) is 0 Å². The Kier molecular flexibility index (Phi) is 4.95. The molecular formula is C15H24N4O. The molecule has 0 fully saturated rings. The van der Waals surface area contributed by atoms with Crippen molar-refractivity contribution in [2.75, 3.05) is 26.2 Å². The molecule has 1 aliphatic heterocycles. The zero-order valence-electron chi connectivity index (χ0n) is 12.6. The monoisotopic (exact) mass is 276 g/mol. The molecule has 110 valence electrons. The standard InChI is InChI=1S/C15H24N4O/c1-12-14(13(2)18(3)17-12)11-15(20)16-7-10-19-8-5-4-6-9-19/h4-5H,6-11H2,1-3H3,(H,16,20). The van der Waals surface area contributed by atoms with Crippen LogP contribution in [-0.2, 0) is 18.3 Å². The van der Waals surface area contributed by atoms with Crippen LogP contribution in [0.1, 0.15) is 23.4 Å². The first-order chi connectivity index (χ1) is 9.58. The van der Waals surface area contributed by atoms with Crippen molar-refractivity contribution in [2.45, 2.75) is 26.7 Å². The third kappa shape index (κ3) is 3.70. The van der Waals surface area contributed by atoms with Gasteiger partial charge in [-0.3, -0.25) is 14.4 Å². The van der Waals surface area contributed by atoms with Crippen LogP contribution in [0.3, 0.4) is 0 Å².